The Morgan fingerprint density at radius 3 is 2.53 bits per heavy atom. The van der Waals surface area contributed by atoms with Crippen LogP contribution in [0.25, 0.3) is 0 Å². The smallest absolute Gasteiger partial charge is 0.191 e. The highest BCUT2D eigenvalue weighted by molar-refractivity contribution is 7.91. The van der Waals surface area contributed by atoms with Crippen LogP contribution in [0.1, 0.15) is 31.7 Å². The predicted molar refractivity (Wildman–Crippen MR) is 121 cm³/mol. The lowest BCUT2D eigenvalue weighted by atomic mass is 10.2. The summed E-state index contributed by atoms with van der Waals surface area (Å²) in [7, 11) is -3.26. The molecule has 0 heterocycles. The molecule has 1 fully saturated rings. The average Bonchev–Trinajstić information content (AvgIpc) is 3.59. The lowest BCUT2D eigenvalue weighted by Crippen LogP contribution is -2.38. The van der Waals surface area contributed by atoms with E-state index < -0.39 is 9.84 Å². The Morgan fingerprint density at radius 1 is 1.07 bits per heavy atom. The molecule has 0 spiro atoms. The Morgan fingerprint density at radius 2 is 1.80 bits per heavy atom. The topological polar surface area (TPSA) is 79.8 Å². The van der Waals surface area contributed by atoms with E-state index in [-0.39, 0.29) is 5.75 Å². The molecule has 6 nitrogen and oxygen atoms in total. The summed E-state index contributed by atoms with van der Waals surface area (Å²) in [5, 5.41) is 6.44. The van der Waals surface area contributed by atoms with Crippen molar-refractivity contribution >= 4 is 15.8 Å². The molecule has 0 aliphatic heterocycles. The van der Waals surface area contributed by atoms with Gasteiger partial charge in [0.1, 0.15) is 5.75 Å². The summed E-state index contributed by atoms with van der Waals surface area (Å²) in [4.78, 5) is 5.01. The fourth-order valence-electron chi connectivity index (χ4n) is 2.99. The molecule has 0 amide bonds. The van der Waals surface area contributed by atoms with Crippen LogP contribution < -0.4 is 15.4 Å². The van der Waals surface area contributed by atoms with Gasteiger partial charge in [-0.3, -0.25) is 0 Å². The molecule has 0 unspecified atom stereocenters. The van der Waals surface area contributed by atoms with Crippen molar-refractivity contribution in [1.29, 1.82) is 0 Å². The zero-order chi connectivity index (χ0) is 21.2. The zero-order valence-electron chi connectivity index (χ0n) is 17.5. The van der Waals surface area contributed by atoms with E-state index in [2.05, 4.69) is 15.6 Å². The standard InChI is InChI=1S/C23H31N3O3S/c1-2-24-23(25-15-8-16-30(27,28)21-10-4-3-5-11-21)26-17-20-9-6-7-12-22(20)29-18-19-13-14-19/h3-7,9-12,19H,2,8,13-18H2,1H3,(H2,24,25,26). The molecule has 30 heavy (non-hydrogen) atoms. The van der Waals surface area contributed by atoms with Gasteiger partial charge in [-0.25, -0.2) is 13.4 Å². The van der Waals surface area contributed by atoms with E-state index in [0.717, 1.165) is 24.5 Å². The van der Waals surface area contributed by atoms with E-state index in [1.54, 1.807) is 24.3 Å². The van der Waals surface area contributed by atoms with Crippen LogP contribution in [0.15, 0.2) is 64.5 Å². The van der Waals surface area contributed by atoms with Gasteiger partial charge < -0.3 is 15.4 Å². The minimum absolute atomic E-state index is 0.0985. The molecule has 1 aliphatic carbocycles. The number of rotatable bonds is 11. The van der Waals surface area contributed by atoms with E-state index in [0.29, 0.717) is 36.3 Å². The second kappa shape index (κ2) is 11.0. The summed E-state index contributed by atoms with van der Waals surface area (Å²) in [6.07, 6.45) is 3.02. The molecule has 0 aromatic heterocycles. The molecule has 1 aliphatic rings. The Kier molecular flexibility index (Phi) is 8.13. The van der Waals surface area contributed by atoms with Crippen molar-refractivity contribution in [3.63, 3.8) is 0 Å². The monoisotopic (exact) mass is 429 g/mol. The van der Waals surface area contributed by atoms with Crippen molar-refractivity contribution in [3.8, 4) is 5.75 Å². The number of nitrogens with zero attached hydrogens (tertiary/aromatic N) is 1. The number of nitrogens with one attached hydrogen (secondary N) is 2. The highest BCUT2D eigenvalue weighted by Crippen LogP contribution is 2.30. The summed E-state index contributed by atoms with van der Waals surface area (Å²) < 4.78 is 30.7. The van der Waals surface area contributed by atoms with Crippen molar-refractivity contribution in [3.05, 3.63) is 60.2 Å². The van der Waals surface area contributed by atoms with Crippen LogP contribution in [-0.2, 0) is 16.4 Å². The summed E-state index contributed by atoms with van der Waals surface area (Å²) in [5.74, 6) is 2.36. The molecule has 0 bridgehead atoms. The molecule has 0 atom stereocenters. The van der Waals surface area contributed by atoms with Gasteiger partial charge >= 0.3 is 0 Å². The summed E-state index contributed by atoms with van der Waals surface area (Å²) in [6.45, 7) is 4.53. The first-order chi connectivity index (χ1) is 14.6. The van der Waals surface area contributed by atoms with Gasteiger partial charge in [-0.15, -0.1) is 0 Å². The molecule has 2 N–H and O–H groups in total. The average molecular weight is 430 g/mol. The van der Waals surface area contributed by atoms with Crippen LogP contribution in [0.5, 0.6) is 5.75 Å². The van der Waals surface area contributed by atoms with Crippen molar-refractivity contribution in [2.24, 2.45) is 10.9 Å². The first kappa shape index (κ1) is 22.2. The Balaban J connectivity index is 1.51. The van der Waals surface area contributed by atoms with Gasteiger partial charge in [0.15, 0.2) is 15.8 Å². The van der Waals surface area contributed by atoms with Gasteiger partial charge in [0.05, 0.1) is 23.8 Å². The molecule has 2 aromatic carbocycles. The second-order valence-electron chi connectivity index (χ2n) is 7.47. The quantitative estimate of drug-likeness (QED) is 0.325. The fourth-order valence-corrected chi connectivity index (χ4v) is 4.32. The Hall–Kier alpha value is -2.54. The van der Waals surface area contributed by atoms with Crippen molar-refractivity contribution < 1.29 is 13.2 Å². The largest absolute Gasteiger partial charge is 0.493 e. The second-order valence-corrected chi connectivity index (χ2v) is 9.58. The third kappa shape index (κ3) is 7.06. The van der Waals surface area contributed by atoms with E-state index >= 15 is 0 Å². The lowest BCUT2D eigenvalue weighted by molar-refractivity contribution is 0.297. The zero-order valence-corrected chi connectivity index (χ0v) is 18.3. The van der Waals surface area contributed by atoms with Crippen molar-refractivity contribution in [2.45, 2.75) is 37.6 Å². The van der Waals surface area contributed by atoms with Crippen LogP contribution in [0.3, 0.4) is 0 Å². The Bertz CT molecular complexity index is 926. The number of hydrogen-bond donors (Lipinski definition) is 2. The highest BCUT2D eigenvalue weighted by atomic mass is 32.2. The van der Waals surface area contributed by atoms with Crippen LogP contribution >= 0.6 is 0 Å². The van der Waals surface area contributed by atoms with Crippen LogP contribution in [0, 0.1) is 5.92 Å². The third-order valence-corrected chi connectivity index (χ3v) is 6.70. The number of benzene rings is 2. The maximum atomic E-state index is 12.4. The van der Waals surface area contributed by atoms with Crippen LogP contribution in [0.2, 0.25) is 0 Å². The van der Waals surface area contributed by atoms with E-state index in [4.69, 9.17) is 4.74 Å². The minimum atomic E-state index is -3.26. The number of para-hydroxylation sites is 1. The van der Waals surface area contributed by atoms with Crippen LogP contribution in [-0.4, -0.2) is 39.8 Å². The molecule has 0 saturated heterocycles. The Labute approximate surface area is 179 Å². The molecule has 2 aromatic rings. The summed E-state index contributed by atoms with van der Waals surface area (Å²) in [6, 6.07) is 16.6. The number of sulfone groups is 1. The fraction of sp³-hybridized carbons (Fsp3) is 0.435. The predicted octanol–water partition coefficient (Wildman–Crippen LogP) is 3.39. The number of aliphatic imine (C=N–C) groups is 1. The maximum absolute atomic E-state index is 12.4. The van der Waals surface area contributed by atoms with Gasteiger partial charge in [0, 0.05) is 18.7 Å². The third-order valence-electron chi connectivity index (χ3n) is 4.88. The van der Waals surface area contributed by atoms with Gasteiger partial charge in [-0.05, 0) is 50.3 Å². The lowest BCUT2D eigenvalue weighted by Gasteiger charge is -2.13. The maximum Gasteiger partial charge on any atom is 0.191 e. The van der Waals surface area contributed by atoms with Crippen LogP contribution in [0.4, 0.5) is 0 Å². The van der Waals surface area contributed by atoms with E-state index in [1.165, 1.54) is 12.8 Å². The minimum Gasteiger partial charge on any atom is -0.493 e. The van der Waals surface area contributed by atoms with Gasteiger partial charge in [0.25, 0.3) is 0 Å². The van der Waals surface area contributed by atoms with Gasteiger partial charge in [-0.2, -0.15) is 0 Å². The van der Waals surface area contributed by atoms with Gasteiger partial charge in [-0.1, -0.05) is 36.4 Å². The van der Waals surface area contributed by atoms with E-state index in [1.807, 2.05) is 37.3 Å². The molecule has 3 rings (SSSR count). The molecule has 1 saturated carbocycles. The normalized spacial score (nSPS) is 14.4. The van der Waals surface area contributed by atoms with Gasteiger partial charge in [0.2, 0.25) is 0 Å². The number of ether oxygens (including phenoxy) is 1. The SMILES string of the molecule is CCNC(=NCc1ccccc1OCC1CC1)NCCCS(=O)(=O)c1ccccc1. The molecular formula is C23H31N3O3S. The molecular weight excluding hydrogens is 398 g/mol. The molecule has 162 valence electrons. The highest BCUT2D eigenvalue weighted by Gasteiger charge is 2.22. The first-order valence-electron chi connectivity index (χ1n) is 10.6. The summed E-state index contributed by atoms with van der Waals surface area (Å²) >= 11 is 0. The number of hydrogen-bond acceptors (Lipinski definition) is 4. The molecule has 0 radical (unpaired) electrons. The van der Waals surface area contributed by atoms with Crippen molar-refractivity contribution in [1.82, 2.24) is 10.6 Å². The van der Waals surface area contributed by atoms with Crippen molar-refractivity contribution in [2.75, 3.05) is 25.4 Å². The molecule has 7 heteroatoms. The number of guanidine groups is 1. The summed E-state index contributed by atoms with van der Waals surface area (Å²) in [5.41, 5.74) is 1.04. The first-order valence-corrected chi connectivity index (χ1v) is 12.2. The van der Waals surface area contributed by atoms with E-state index in [9.17, 15) is 8.42 Å².